The van der Waals surface area contributed by atoms with E-state index in [1.165, 1.54) is 6.20 Å². The van der Waals surface area contributed by atoms with E-state index in [1.807, 2.05) is 20.8 Å². The molecule has 0 amide bonds. The lowest BCUT2D eigenvalue weighted by molar-refractivity contribution is 0.437. The van der Waals surface area contributed by atoms with Gasteiger partial charge in [-0.1, -0.05) is 27.7 Å². The van der Waals surface area contributed by atoms with Gasteiger partial charge in [0, 0.05) is 18.8 Å². The molecule has 0 spiro atoms. The van der Waals surface area contributed by atoms with E-state index >= 15 is 0 Å². The van der Waals surface area contributed by atoms with Crippen LogP contribution in [0.25, 0.3) is 0 Å². The van der Waals surface area contributed by atoms with Crippen LogP contribution in [-0.4, -0.2) is 26.0 Å². The first kappa shape index (κ1) is 16.9. The molecule has 0 aliphatic heterocycles. The van der Waals surface area contributed by atoms with Gasteiger partial charge in [-0.05, 0) is 30.9 Å². The number of pyridine rings is 1. The molecule has 20 heavy (non-hydrogen) atoms. The molecule has 1 aromatic rings. The number of anilines is 1. The molecule has 6 heteroatoms. The highest BCUT2D eigenvalue weighted by Gasteiger charge is 2.21. The van der Waals surface area contributed by atoms with E-state index in [4.69, 9.17) is 0 Å². The quantitative estimate of drug-likeness (QED) is 0.774. The fraction of sp³-hybridized carbons (Fsp3) is 0.643. The maximum atomic E-state index is 12.3. The zero-order valence-electron chi connectivity index (χ0n) is 12.7. The molecule has 5 nitrogen and oxygen atoms in total. The van der Waals surface area contributed by atoms with Crippen LogP contribution >= 0.6 is 0 Å². The molecule has 2 N–H and O–H groups in total. The molecule has 1 heterocycles. The molecule has 0 radical (unpaired) electrons. The van der Waals surface area contributed by atoms with Gasteiger partial charge in [-0.25, -0.2) is 18.1 Å². The van der Waals surface area contributed by atoms with Crippen LogP contribution < -0.4 is 10.0 Å². The highest BCUT2D eigenvalue weighted by molar-refractivity contribution is 7.89. The van der Waals surface area contributed by atoms with Crippen LogP contribution in [0.5, 0.6) is 0 Å². The molecule has 1 atom stereocenters. The van der Waals surface area contributed by atoms with Crippen molar-refractivity contribution in [1.82, 2.24) is 9.71 Å². The Morgan fingerprint density at radius 3 is 2.40 bits per heavy atom. The Hall–Kier alpha value is -1.14. The van der Waals surface area contributed by atoms with Crippen LogP contribution in [0.15, 0.2) is 23.2 Å². The van der Waals surface area contributed by atoms with Crippen molar-refractivity contribution in [3.05, 3.63) is 18.3 Å². The summed E-state index contributed by atoms with van der Waals surface area (Å²) in [5.41, 5.74) is 0. The maximum absolute atomic E-state index is 12.3. The summed E-state index contributed by atoms with van der Waals surface area (Å²) in [5.74, 6) is 0.954. The highest BCUT2D eigenvalue weighted by atomic mass is 32.2. The summed E-state index contributed by atoms with van der Waals surface area (Å²) in [6.45, 7) is 8.87. The lowest BCUT2D eigenvalue weighted by Crippen LogP contribution is -2.38. The van der Waals surface area contributed by atoms with Crippen LogP contribution in [-0.2, 0) is 10.0 Å². The highest BCUT2D eigenvalue weighted by Crippen LogP contribution is 2.14. The summed E-state index contributed by atoms with van der Waals surface area (Å²) < 4.78 is 27.3. The van der Waals surface area contributed by atoms with Gasteiger partial charge in [-0.15, -0.1) is 0 Å². The summed E-state index contributed by atoms with van der Waals surface area (Å²) in [5, 5.41) is 3.12. The van der Waals surface area contributed by atoms with Crippen molar-refractivity contribution in [2.24, 2.45) is 5.92 Å². The molecular formula is C14H25N3O2S. The number of hydrogen-bond donors (Lipinski definition) is 2. The summed E-state index contributed by atoms with van der Waals surface area (Å²) in [4.78, 5) is 4.34. The molecule has 1 unspecified atom stereocenters. The molecule has 0 fully saturated rings. The van der Waals surface area contributed by atoms with Gasteiger partial charge in [0.25, 0.3) is 0 Å². The minimum atomic E-state index is -3.49. The largest absolute Gasteiger partial charge is 0.370 e. The fourth-order valence-corrected chi connectivity index (χ4v) is 3.27. The fourth-order valence-electron chi connectivity index (χ4n) is 1.86. The summed E-state index contributed by atoms with van der Waals surface area (Å²) in [6.07, 6.45) is 3.16. The van der Waals surface area contributed by atoms with Crippen molar-refractivity contribution in [3.63, 3.8) is 0 Å². The van der Waals surface area contributed by atoms with E-state index in [1.54, 1.807) is 12.1 Å². The van der Waals surface area contributed by atoms with Crippen molar-refractivity contribution >= 4 is 15.8 Å². The van der Waals surface area contributed by atoms with Gasteiger partial charge in [0.05, 0.1) is 0 Å². The van der Waals surface area contributed by atoms with Crippen molar-refractivity contribution < 1.29 is 8.42 Å². The molecule has 1 aromatic heterocycles. The maximum Gasteiger partial charge on any atom is 0.242 e. The third-order valence-corrected chi connectivity index (χ3v) is 4.63. The standard InChI is InChI=1S/C14H25N3O2S/c1-5-9-15-14-8-7-12(10-16-14)20(18,19)17-13(6-2)11(3)4/h7-8,10-11,13,17H,5-6,9H2,1-4H3,(H,15,16). The van der Waals surface area contributed by atoms with Crippen molar-refractivity contribution in [2.75, 3.05) is 11.9 Å². The minimum Gasteiger partial charge on any atom is -0.370 e. The monoisotopic (exact) mass is 299 g/mol. The van der Waals surface area contributed by atoms with Gasteiger partial charge in [0.2, 0.25) is 10.0 Å². The van der Waals surface area contributed by atoms with Crippen LogP contribution in [0.1, 0.15) is 40.5 Å². The SMILES string of the molecule is CCCNc1ccc(S(=O)(=O)NC(CC)C(C)C)cn1. The number of aromatic nitrogens is 1. The second-order valence-corrected chi connectivity index (χ2v) is 6.90. The first-order valence-electron chi connectivity index (χ1n) is 7.13. The first-order chi connectivity index (χ1) is 9.40. The van der Waals surface area contributed by atoms with Crippen LogP contribution in [0.3, 0.4) is 0 Å². The Kier molecular flexibility index (Phi) is 6.42. The predicted octanol–water partition coefficient (Wildman–Crippen LogP) is 2.62. The van der Waals surface area contributed by atoms with Crippen LogP contribution in [0.2, 0.25) is 0 Å². The van der Waals surface area contributed by atoms with E-state index in [-0.39, 0.29) is 16.9 Å². The summed E-state index contributed by atoms with van der Waals surface area (Å²) in [6, 6.07) is 3.22. The summed E-state index contributed by atoms with van der Waals surface area (Å²) >= 11 is 0. The molecule has 0 aliphatic rings. The molecule has 0 saturated heterocycles. The van der Waals surface area contributed by atoms with Gasteiger partial charge in [0.15, 0.2) is 0 Å². The third kappa shape index (κ3) is 4.76. The van der Waals surface area contributed by atoms with Gasteiger partial charge in [-0.2, -0.15) is 0 Å². The minimum absolute atomic E-state index is 0.0575. The smallest absolute Gasteiger partial charge is 0.242 e. The molecule has 0 bridgehead atoms. The number of rotatable bonds is 8. The number of nitrogens with one attached hydrogen (secondary N) is 2. The first-order valence-corrected chi connectivity index (χ1v) is 8.61. The van der Waals surface area contributed by atoms with E-state index in [9.17, 15) is 8.42 Å². The second-order valence-electron chi connectivity index (χ2n) is 5.19. The zero-order chi connectivity index (χ0) is 15.2. The second kappa shape index (κ2) is 7.59. The average molecular weight is 299 g/mol. The summed E-state index contributed by atoms with van der Waals surface area (Å²) in [7, 11) is -3.49. The molecule has 1 rings (SSSR count). The van der Waals surface area contributed by atoms with Crippen molar-refractivity contribution in [3.8, 4) is 0 Å². The van der Waals surface area contributed by atoms with E-state index < -0.39 is 10.0 Å². The van der Waals surface area contributed by atoms with Crippen molar-refractivity contribution in [1.29, 1.82) is 0 Å². The Balaban J connectivity index is 2.82. The topological polar surface area (TPSA) is 71.1 Å². The number of sulfonamides is 1. The predicted molar refractivity (Wildman–Crippen MR) is 82.3 cm³/mol. The molecule has 0 aliphatic carbocycles. The van der Waals surface area contributed by atoms with Crippen molar-refractivity contribution in [2.45, 2.75) is 51.5 Å². The Bertz CT molecular complexity index is 498. The Labute approximate surface area is 122 Å². The normalized spacial score (nSPS) is 13.4. The van der Waals surface area contributed by atoms with E-state index in [0.29, 0.717) is 5.82 Å². The van der Waals surface area contributed by atoms with E-state index in [0.717, 1.165) is 19.4 Å². The van der Waals surface area contributed by atoms with Gasteiger partial charge < -0.3 is 5.32 Å². The lowest BCUT2D eigenvalue weighted by Gasteiger charge is -2.20. The molecule has 0 saturated carbocycles. The number of hydrogen-bond acceptors (Lipinski definition) is 4. The lowest BCUT2D eigenvalue weighted by atomic mass is 10.0. The Morgan fingerprint density at radius 1 is 1.25 bits per heavy atom. The number of nitrogens with zero attached hydrogens (tertiary/aromatic N) is 1. The van der Waals surface area contributed by atoms with Crippen LogP contribution in [0, 0.1) is 5.92 Å². The van der Waals surface area contributed by atoms with Crippen LogP contribution in [0.4, 0.5) is 5.82 Å². The average Bonchev–Trinajstić information content (AvgIpc) is 2.42. The zero-order valence-corrected chi connectivity index (χ0v) is 13.5. The Morgan fingerprint density at radius 2 is 1.95 bits per heavy atom. The van der Waals surface area contributed by atoms with E-state index in [2.05, 4.69) is 21.9 Å². The molecular weight excluding hydrogens is 274 g/mol. The molecule has 0 aromatic carbocycles. The third-order valence-electron chi connectivity index (χ3n) is 3.15. The van der Waals surface area contributed by atoms with Gasteiger partial charge in [0.1, 0.15) is 10.7 Å². The van der Waals surface area contributed by atoms with Gasteiger partial charge >= 0.3 is 0 Å². The van der Waals surface area contributed by atoms with Gasteiger partial charge in [-0.3, -0.25) is 0 Å². The molecule has 114 valence electrons.